The molecule has 1 aliphatic heterocycles. The number of rotatable bonds is 7. The molecule has 1 aliphatic rings. The first-order valence-corrected chi connectivity index (χ1v) is 11.0. The SMILES string of the molecule is CCOc1cc2c(cc1OCC)CN(C(=O)C(c1ccccc1)c1ccccc1)CC2. The average Bonchev–Trinajstić information content (AvgIpc) is 2.81. The first kappa shape index (κ1) is 21.0. The van der Waals surface area contributed by atoms with Crippen molar-refractivity contribution in [3.8, 4) is 11.5 Å². The Balaban J connectivity index is 1.64. The molecule has 0 unspecified atom stereocenters. The molecule has 1 heterocycles. The van der Waals surface area contributed by atoms with Gasteiger partial charge in [-0.25, -0.2) is 0 Å². The number of ether oxygens (including phenoxy) is 2. The van der Waals surface area contributed by atoms with Crippen molar-refractivity contribution in [2.75, 3.05) is 19.8 Å². The van der Waals surface area contributed by atoms with E-state index in [-0.39, 0.29) is 11.8 Å². The number of carbonyl (C=O) groups is 1. The Morgan fingerprint density at radius 1 is 0.839 bits per heavy atom. The highest BCUT2D eigenvalue weighted by atomic mass is 16.5. The predicted octanol–water partition coefficient (Wildman–Crippen LogP) is 5.20. The first-order chi connectivity index (χ1) is 15.2. The molecule has 0 saturated heterocycles. The number of hydrogen-bond acceptors (Lipinski definition) is 3. The van der Waals surface area contributed by atoms with Crippen LogP contribution >= 0.6 is 0 Å². The Bertz CT molecular complexity index is 978. The van der Waals surface area contributed by atoms with E-state index in [0.717, 1.165) is 34.6 Å². The van der Waals surface area contributed by atoms with Crippen molar-refractivity contribution in [1.82, 2.24) is 4.90 Å². The normalized spacial score (nSPS) is 13.1. The highest BCUT2D eigenvalue weighted by Gasteiger charge is 2.30. The molecule has 4 nitrogen and oxygen atoms in total. The summed E-state index contributed by atoms with van der Waals surface area (Å²) in [6.07, 6.45) is 0.809. The van der Waals surface area contributed by atoms with Crippen molar-refractivity contribution in [3.63, 3.8) is 0 Å². The first-order valence-electron chi connectivity index (χ1n) is 11.0. The summed E-state index contributed by atoms with van der Waals surface area (Å²) in [4.78, 5) is 15.7. The van der Waals surface area contributed by atoms with E-state index >= 15 is 0 Å². The van der Waals surface area contributed by atoms with Crippen LogP contribution in [0.4, 0.5) is 0 Å². The zero-order chi connectivity index (χ0) is 21.6. The van der Waals surface area contributed by atoms with Crippen LogP contribution in [0.15, 0.2) is 72.8 Å². The van der Waals surface area contributed by atoms with E-state index in [1.807, 2.05) is 85.5 Å². The number of amides is 1. The number of fused-ring (bicyclic) bond motifs is 1. The average molecular weight is 416 g/mol. The van der Waals surface area contributed by atoms with Gasteiger partial charge in [0.2, 0.25) is 5.91 Å². The van der Waals surface area contributed by atoms with Gasteiger partial charge in [-0.2, -0.15) is 0 Å². The van der Waals surface area contributed by atoms with E-state index < -0.39 is 0 Å². The molecule has 4 heteroatoms. The second-order valence-electron chi connectivity index (χ2n) is 7.70. The molecule has 4 rings (SSSR count). The van der Waals surface area contributed by atoms with E-state index in [1.54, 1.807) is 0 Å². The largest absolute Gasteiger partial charge is 0.490 e. The summed E-state index contributed by atoms with van der Waals surface area (Å²) in [5, 5.41) is 0. The molecule has 3 aromatic carbocycles. The Kier molecular flexibility index (Phi) is 6.56. The lowest BCUT2D eigenvalue weighted by atomic mass is 9.89. The number of carbonyl (C=O) groups excluding carboxylic acids is 1. The Labute approximate surface area is 184 Å². The molecule has 0 fully saturated rings. The van der Waals surface area contributed by atoms with Gasteiger partial charge in [0, 0.05) is 13.1 Å². The summed E-state index contributed by atoms with van der Waals surface area (Å²) in [7, 11) is 0. The van der Waals surface area contributed by atoms with Crippen molar-refractivity contribution in [2.24, 2.45) is 0 Å². The molecule has 0 bridgehead atoms. The van der Waals surface area contributed by atoms with E-state index in [1.165, 1.54) is 5.56 Å². The van der Waals surface area contributed by atoms with Crippen LogP contribution in [-0.4, -0.2) is 30.6 Å². The predicted molar refractivity (Wildman–Crippen MR) is 123 cm³/mol. The van der Waals surface area contributed by atoms with Gasteiger partial charge < -0.3 is 14.4 Å². The zero-order valence-electron chi connectivity index (χ0n) is 18.2. The van der Waals surface area contributed by atoms with Crippen molar-refractivity contribution >= 4 is 5.91 Å². The van der Waals surface area contributed by atoms with Crippen LogP contribution in [0, 0.1) is 0 Å². The van der Waals surface area contributed by atoms with Gasteiger partial charge in [-0.1, -0.05) is 60.7 Å². The van der Waals surface area contributed by atoms with Gasteiger partial charge in [-0.3, -0.25) is 4.79 Å². The molecule has 3 aromatic rings. The molecule has 0 saturated carbocycles. The van der Waals surface area contributed by atoms with Gasteiger partial charge >= 0.3 is 0 Å². The highest BCUT2D eigenvalue weighted by Crippen LogP contribution is 2.35. The third-order valence-electron chi connectivity index (χ3n) is 5.70. The van der Waals surface area contributed by atoms with E-state index in [0.29, 0.717) is 26.3 Å². The van der Waals surface area contributed by atoms with Crippen molar-refractivity contribution in [3.05, 3.63) is 95.1 Å². The molecule has 0 aromatic heterocycles. The minimum atomic E-state index is -0.307. The molecular weight excluding hydrogens is 386 g/mol. The van der Waals surface area contributed by atoms with Gasteiger partial charge in [-0.05, 0) is 54.7 Å². The van der Waals surface area contributed by atoms with Crippen LogP contribution in [0.1, 0.15) is 42.0 Å². The van der Waals surface area contributed by atoms with Crippen molar-refractivity contribution < 1.29 is 14.3 Å². The summed E-state index contributed by atoms with van der Waals surface area (Å²) >= 11 is 0. The summed E-state index contributed by atoms with van der Waals surface area (Å²) < 4.78 is 11.6. The van der Waals surface area contributed by atoms with Crippen LogP contribution < -0.4 is 9.47 Å². The van der Waals surface area contributed by atoms with Crippen LogP contribution in [0.5, 0.6) is 11.5 Å². The lowest BCUT2D eigenvalue weighted by Crippen LogP contribution is -2.39. The smallest absolute Gasteiger partial charge is 0.234 e. The summed E-state index contributed by atoms with van der Waals surface area (Å²) in [5.41, 5.74) is 4.40. The van der Waals surface area contributed by atoms with Crippen LogP contribution in [0.3, 0.4) is 0 Å². The van der Waals surface area contributed by atoms with Crippen LogP contribution in [0.25, 0.3) is 0 Å². The molecule has 0 N–H and O–H groups in total. The van der Waals surface area contributed by atoms with Crippen molar-refractivity contribution in [1.29, 1.82) is 0 Å². The number of nitrogens with zero attached hydrogens (tertiary/aromatic N) is 1. The number of hydrogen-bond donors (Lipinski definition) is 0. The summed E-state index contributed by atoms with van der Waals surface area (Å²) in [5.74, 6) is 1.36. The fraction of sp³-hybridized carbons (Fsp3) is 0.296. The second-order valence-corrected chi connectivity index (χ2v) is 7.70. The van der Waals surface area contributed by atoms with E-state index in [4.69, 9.17) is 9.47 Å². The standard InChI is InChI=1S/C27H29NO3/c1-3-30-24-17-22-15-16-28(19-23(22)18-25(24)31-4-2)27(29)26(20-11-7-5-8-12-20)21-13-9-6-10-14-21/h5-14,17-18,26H,3-4,15-16,19H2,1-2H3. The molecular formula is C27H29NO3. The maximum Gasteiger partial charge on any atom is 0.234 e. The Morgan fingerprint density at radius 2 is 1.35 bits per heavy atom. The Hall–Kier alpha value is -3.27. The third kappa shape index (κ3) is 4.58. The molecule has 1 amide bonds. The lowest BCUT2D eigenvalue weighted by molar-refractivity contribution is -0.132. The van der Waals surface area contributed by atoms with Crippen molar-refractivity contribution in [2.45, 2.75) is 32.7 Å². The van der Waals surface area contributed by atoms with Gasteiger partial charge in [-0.15, -0.1) is 0 Å². The van der Waals surface area contributed by atoms with Crippen LogP contribution in [0.2, 0.25) is 0 Å². The molecule has 31 heavy (non-hydrogen) atoms. The fourth-order valence-corrected chi connectivity index (χ4v) is 4.24. The Morgan fingerprint density at radius 3 is 1.87 bits per heavy atom. The maximum absolute atomic E-state index is 13.8. The topological polar surface area (TPSA) is 38.8 Å². The van der Waals surface area contributed by atoms with Gasteiger partial charge in [0.05, 0.1) is 19.1 Å². The fourth-order valence-electron chi connectivity index (χ4n) is 4.24. The van der Waals surface area contributed by atoms with E-state index in [9.17, 15) is 4.79 Å². The molecule has 0 spiro atoms. The van der Waals surface area contributed by atoms with E-state index in [2.05, 4.69) is 6.07 Å². The van der Waals surface area contributed by atoms with Gasteiger partial charge in [0.1, 0.15) is 0 Å². The highest BCUT2D eigenvalue weighted by molar-refractivity contribution is 5.87. The molecule has 0 atom stereocenters. The molecule has 160 valence electrons. The minimum absolute atomic E-state index is 0.134. The maximum atomic E-state index is 13.8. The monoisotopic (exact) mass is 415 g/mol. The summed E-state index contributed by atoms with van der Waals surface area (Å²) in [6.45, 7) is 6.39. The molecule has 0 radical (unpaired) electrons. The van der Waals surface area contributed by atoms with Gasteiger partial charge in [0.25, 0.3) is 0 Å². The minimum Gasteiger partial charge on any atom is -0.490 e. The van der Waals surface area contributed by atoms with Gasteiger partial charge in [0.15, 0.2) is 11.5 Å². The molecule has 0 aliphatic carbocycles. The third-order valence-corrected chi connectivity index (χ3v) is 5.70. The van der Waals surface area contributed by atoms with Crippen LogP contribution in [-0.2, 0) is 17.8 Å². The number of benzene rings is 3. The second kappa shape index (κ2) is 9.69. The summed E-state index contributed by atoms with van der Waals surface area (Å²) in [6, 6.07) is 24.2. The zero-order valence-corrected chi connectivity index (χ0v) is 18.2. The lowest BCUT2D eigenvalue weighted by Gasteiger charge is -2.33. The quantitative estimate of drug-likeness (QED) is 0.532.